The van der Waals surface area contributed by atoms with Crippen LogP contribution in [0.2, 0.25) is 0 Å². The van der Waals surface area contributed by atoms with Gasteiger partial charge < -0.3 is 4.90 Å². The number of halogens is 2. The molecule has 0 amide bonds. The highest BCUT2D eigenvalue weighted by molar-refractivity contribution is 7.98. The maximum atomic E-state index is 13.1. The SMILES string of the molecule is CSc1ccc(CN2C3CC2CN(c2ccc(-c4cc(-c5cnn(C(F)F)c5)cn5ncc(C#N)c45)cn2)C3)cn1. The van der Waals surface area contributed by atoms with Crippen molar-refractivity contribution in [1.82, 2.24) is 34.3 Å². The van der Waals surface area contributed by atoms with Crippen LogP contribution in [-0.4, -0.2) is 65.7 Å². The van der Waals surface area contributed by atoms with Gasteiger partial charge in [0.15, 0.2) is 0 Å². The Labute approximate surface area is 239 Å². The van der Waals surface area contributed by atoms with Crippen molar-refractivity contribution in [2.75, 3.05) is 24.2 Å². The predicted octanol–water partition coefficient (Wildman–Crippen LogP) is 5.11. The molecule has 2 bridgehead atoms. The second-order valence-electron chi connectivity index (χ2n) is 10.3. The van der Waals surface area contributed by atoms with Gasteiger partial charge in [0.25, 0.3) is 0 Å². The van der Waals surface area contributed by atoms with E-state index < -0.39 is 6.55 Å². The number of hydrogen-bond acceptors (Lipinski definition) is 8. The Bertz CT molecular complexity index is 1750. The molecule has 0 N–H and O–H groups in total. The van der Waals surface area contributed by atoms with Gasteiger partial charge in [-0.05, 0) is 42.5 Å². The zero-order chi connectivity index (χ0) is 28.1. The van der Waals surface area contributed by atoms with E-state index in [-0.39, 0.29) is 0 Å². The Kier molecular flexibility index (Phi) is 6.40. The molecule has 0 aliphatic carbocycles. The summed E-state index contributed by atoms with van der Waals surface area (Å²) >= 11 is 1.65. The molecule has 0 aromatic carbocycles. The number of pyridine rings is 3. The van der Waals surface area contributed by atoms with E-state index in [1.165, 1.54) is 30.6 Å². The number of aromatic nitrogens is 6. The van der Waals surface area contributed by atoms with Crippen molar-refractivity contribution >= 4 is 23.1 Å². The lowest BCUT2D eigenvalue weighted by molar-refractivity contribution is -0.00877. The monoisotopic (exact) mass is 569 g/mol. The van der Waals surface area contributed by atoms with Crippen LogP contribution in [0.15, 0.2) is 72.5 Å². The van der Waals surface area contributed by atoms with Crippen molar-refractivity contribution in [2.45, 2.75) is 36.6 Å². The number of nitriles is 1. The quantitative estimate of drug-likeness (QED) is 0.250. The van der Waals surface area contributed by atoms with Gasteiger partial charge in [0.1, 0.15) is 11.9 Å². The molecule has 2 atom stereocenters. The van der Waals surface area contributed by atoms with E-state index in [0.29, 0.717) is 39.0 Å². The van der Waals surface area contributed by atoms with Crippen LogP contribution in [0, 0.1) is 11.3 Å². The Balaban J connectivity index is 1.13. The summed E-state index contributed by atoms with van der Waals surface area (Å²) in [5.74, 6) is 0.911. The summed E-state index contributed by atoms with van der Waals surface area (Å²) in [6, 6.07) is 13.3. The first kappa shape index (κ1) is 25.6. The number of piperidine rings is 1. The van der Waals surface area contributed by atoms with Crippen LogP contribution in [-0.2, 0) is 6.54 Å². The van der Waals surface area contributed by atoms with Gasteiger partial charge in [-0.25, -0.2) is 19.2 Å². The first-order valence-corrected chi connectivity index (χ1v) is 14.4. The van der Waals surface area contributed by atoms with Gasteiger partial charge in [0.05, 0.1) is 28.5 Å². The standard InChI is InChI=1S/C29H25F2N9S/c1-41-27-5-2-18(9-34-27)13-38-23-7-24(38)17-37(16-23)26-4-3-19(10-33-26)25-6-20(22-12-36-40(15-22)29(30)31)14-39-28(25)21(8-32)11-35-39/h2-6,9-12,14-15,23-24,29H,7,13,16-17H2,1H3. The molecule has 5 aromatic rings. The smallest absolute Gasteiger partial charge is 0.333 e. The summed E-state index contributed by atoms with van der Waals surface area (Å²) in [5, 5.41) is 18.8. The summed E-state index contributed by atoms with van der Waals surface area (Å²) in [5.41, 5.74) is 5.04. The number of piperazine rings is 1. The van der Waals surface area contributed by atoms with Gasteiger partial charge >= 0.3 is 6.55 Å². The molecular weight excluding hydrogens is 544 g/mol. The minimum atomic E-state index is -2.73. The molecule has 2 unspecified atom stereocenters. The molecule has 3 saturated heterocycles. The minimum Gasteiger partial charge on any atom is -0.353 e. The summed E-state index contributed by atoms with van der Waals surface area (Å²) in [6.45, 7) is 0.00412. The number of rotatable bonds is 7. The van der Waals surface area contributed by atoms with Crippen molar-refractivity contribution in [3.05, 3.63) is 78.6 Å². The first-order chi connectivity index (χ1) is 20.0. The highest BCUT2D eigenvalue weighted by Gasteiger charge is 2.44. The summed E-state index contributed by atoms with van der Waals surface area (Å²) < 4.78 is 28.5. The fourth-order valence-electron chi connectivity index (χ4n) is 5.88. The molecule has 0 radical (unpaired) electrons. The van der Waals surface area contributed by atoms with Gasteiger partial charge in [-0.2, -0.15) is 24.2 Å². The molecule has 8 rings (SSSR count). The van der Waals surface area contributed by atoms with Gasteiger partial charge in [0, 0.05) is 78.8 Å². The number of nitrogens with zero attached hydrogens (tertiary/aromatic N) is 9. The van der Waals surface area contributed by atoms with Gasteiger partial charge in [-0.3, -0.25) is 4.90 Å². The van der Waals surface area contributed by atoms with Gasteiger partial charge in [0.2, 0.25) is 0 Å². The minimum absolute atomic E-state index is 0.424. The lowest BCUT2D eigenvalue weighted by Gasteiger charge is -2.56. The third-order valence-electron chi connectivity index (χ3n) is 7.97. The fraction of sp³-hybridized carbons (Fsp3) is 0.276. The lowest BCUT2D eigenvalue weighted by atomic mass is 9.87. The molecular formula is C29H25F2N9S. The molecule has 5 aromatic heterocycles. The molecule has 9 nitrogen and oxygen atoms in total. The second-order valence-corrected chi connectivity index (χ2v) is 11.2. The molecule has 3 aliphatic rings. The number of anilines is 1. The van der Waals surface area contributed by atoms with E-state index in [1.54, 1.807) is 22.5 Å². The number of hydrogen-bond donors (Lipinski definition) is 0. The molecule has 0 saturated carbocycles. The van der Waals surface area contributed by atoms with Crippen LogP contribution in [0.1, 0.15) is 24.1 Å². The Morgan fingerprint density at radius 3 is 2.49 bits per heavy atom. The topological polar surface area (TPSA) is 91.2 Å². The average Bonchev–Trinajstić information content (AvgIpc) is 3.68. The normalized spacial score (nSPS) is 18.6. The van der Waals surface area contributed by atoms with Crippen LogP contribution in [0.5, 0.6) is 0 Å². The van der Waals surface area contributed by atoms with E-state index in [1.807, 2.05) is 36.8 Å². The molecule has 0 spiro atoms. The lowest BCUT2D eigenvalue weighted by Crippen LogP contribution is -2.68. The number of fused-ring (bicyclic) bond motifs is 3. The van der Waals surface area contributed by atoms with Crippen molar-refractivity contribution in [3.8, 4) is 28.3 Å². The fourth-order valence-corrected chi connectivity index (χ4v) is 6.24. The van der Waals surface area contributed by atoms with E-state index in [2.05, 4.69) is 43.2 Å². The van der Waals surface area contributed by atoms with E-state index in [4.69, 9.17) is 4.98 Å². The highest BCUT2D eigenvalue weighted by atomic mass is 32.2. The summed E-state index contributed by atoms with van der Waals surface area (Å²) in [4.78, 5) is 14.2. The maximum Gasteiger partial charge on any atom is 0.333 e. The number of thioether (sulfide) groups is 1. The largest absolute Gasteiger partial charge is 0.353 e. The van der Waals surface area contributed by atoms with Crippen LogP contribution < -0.4 is 4.90 Å². The Morgan fingerprint density at radius 1 is 0.976 bits per heavy atom. The molecule has 12 heteroatoms. The number of alkyl halides is 2. The van der Waals surface area contributed by atoms with Crippen LogP contribution in [0.4, 0.5) is 14.6 Å². The van der Waals surface area contributed by atoms with Crippen molar-refractivity contribution < 1.29 is 8.78 Å². The van der Waals surface area contributed by atoms with Gasteiger partial charge in [-0.1, -0.05) is 6.07 Å². The Morgan fingerprint density at radius 2 is 1.83 bits per heavy atom. The van der Waals surface area contributed by atoms with Crippen LogP contribution >= 0.6 is 11.8 Å². The zero-order valence-corrected chi connectivity index (χ0v) is 22.9. The second kappa shape index (κ2) is 10.2. The summed E-state index contributed by atoms with van der Waals surface area (Å²) in [6.07, 6.45) is 12.9. The third kappa shape index (κ3) is 4.61. The van der Waals surface area contributed by atoms with Gasteiger partial charge in [-0.15, -0.1) is 11.8 Å². The molecule has 41 heavy (non-hydrogen) atoms. The van der Waals surface area contributed by atoms with E-state index in [9.17, 15) is 14.0 Å². The zero-order valence-electron chi connectivity index (χ0n) is 22.1. The van der Waals surface area contributed by atoms with Crippen LogP contribution in [0.3, 0.4) is 0 Å². The predicted molar refractivity (Wildman–Crippen MR) is 152 cm³/mol. The van der Waals surface area contributed by atoms with E-state index in [0.717, 1.165) is 41.6 Å². The molecule has 206 valence electrons. The Hall–Kier alpha value is -4.34. The first-order valence-electron chi connectivity index (χ1n) is 13.2. The average molecular weight is 570 g/mol. The molecule has 3 fully saturated rings. The van der Waals surface area contributed by atoms with Crippen molar-refractivity contribution in [3.63, 3.8) is 0 Å². The molecule has 8 heterocycles. The summed E-state index contributed by atoms with van der Waals surface area (Å²) in [7, 11) is 0. The van der Waals surface area contributed by atoms with Crippen LogP contribution in [0.25, 0.3) is 27.8 Å². The third-order valence-corrected chi connectivity index (χ3v) is 8.63. The maximum absolute atomic E-state index is 13.1. The molecule has 3 aliphatic heterocycles. The highest BCUT2D eigenvalue weighted by Crippen LogP contribution is 2.37. The van der Waals surface area contributed by atoms with E-state index >= 15 is 0 Å². The van der Waals surface area contributed by atoms with Crippen molar-refractivity contribution in [1.29, 1.82) is 5.26 Å². The van der Waals surface area contributed by atoms with Crippen molar-refractivity contribution in [2.24, 2.45) is 0 Å².